The highest BCUT2D eigenvalue weighted by atomic mass is 16.3. The third-order valence-electron chi connectivity index (χ3n) is 3.51. The lowest BCUT2D eigenvalue weighted by Crippen LogP contribution is -2.18. The average molecular weight is 281 g/mol. The Balaban J connectivity index is 2.23. The molecule has 0 aliphatic rings. The molecule has 0 radical (unpaired) electrons. The zero-order valence-electron chi connectivity index (χ0n) is 12.8. The zero-order chi connectivity index (χ0) is 15.2. The normalized spacial score (nSPS) is 12.0. The van der Waals surface area contributed by atoms with Crippen LogP contribution in [0.25, 0.3) is 22.4 Å². The van der Waals surface area contributed by atoms with Gasteiger partial charge in [0.1, 0.15) is 22.9 Å². The number of benzene rings is 1. The van der Waals surface area contributed by atoms with E-state index in [1.165, 1.54) is 0 Å². The van der Waals surface area contributed by atoms with Crippen LogP contribution in [0.2, 0.25) is 0 Å². The number of para-hydroxylation sites is 1. The van der Waals surface area contributed by atoms with Crippen molar-refractivity contribution in [1.29, 1.82) is 0 Å². The van der Waals surface area contributed by atoms with Crippen LogP contribution in [0, 0.1) is 6.92 Å². The van der Waals surface area contributed by atoms with Gasteiger partial charge < -0.3 is 10.2 Å². The van der Waals surface area contributed by atoms with Gasteiger partial charge in [-0.15, -0.1) is 0 Å². The van der Waals surface area contributed by atoms with E-state index in [9.17, 15) is 0 Å². The molecule has 108 valence electrons. The van der Waals surface area contributed by atoms with E-state index in [1.54, 1.807) is 0 Å². The summed E-state index contributed by atoms with van der Waals surface area (Å²) in [4.78, 5) is 9.09. The number of furan rings is 1. The molecular formula is C17H19N3O. The van der Waals surface area contributed by atoms with E-state index < -0.39 is 0 Å². The predicted molar refractivity (Wildman–Crippen MR) is 85.1 cm³/mol. The SMILES string of the molecule is Cc1c(N)nc(C(C)(C)C)nc1-c1cc2ccccc2o1. The minimum absolute atomic E-state index is 0.164. The number of nitrogens with two attached hydrogens (primary N) is 1. The first-order valence-corrected chi connectivity index (χ1v) is 7.00. The topological polar surface area (TPSA) is 64.9 Å². The molecule has 4 nitrogen and oxygen atoms in total. The van der Waals surface area contributed by atoms with E-state index in [1.807, 2.05) is 37.3 Å². The Morgan fingerprint density at radius 1 is 1.10 bits per heavy atom. The van der Waals surface area contributed by atoms with Crippen LogP contribution in [-0.4, -0.2) is 9.97 Å². The molecule has 0 aliphatic heterocycles. The van der Waals surface area contributed by atoms with Crippen molar-refractivity contribution in [2.45, 2.75) is 33.1 Å². The first kappa shape index (κ1) is 13.6. The molecule has 2 N–H and O–H groups in total. The maximum atomic E-state index is 6.06. The molecule has 2 heterocycles. The van der Waals surface area contributed by atoms with Gasteiger partial charge in [-0.25, -0.2) is 9.97 Å². The van der Waals surface area contributed by atoms with E-state index in [0.29, 0.717) is 5.82 Å². The molecule has 2 aromatic heterocycles. The highest BCUT2D eigenvalue weighted by Gasteiger charge is 2.22. The second-order valence-corrected chi connectivity index (χ2v) is 6.30. The lowest BCUT2D eigenvalue weighted by Gasteiger charge is -2.18. The number of hydrogen-bond donors (Lipinski definition) is 1. The molecule has 0 bridgehead atoms. The third kappa shape index (κ3) is 2.37. The highest BCUT2D eigenvalue weighted by molar-refractivity contribution is 5.83. The van der Waals surface area contributed by atoms with Crippen LogP contribution in [0.15, 0.2) is 34.7 Å². The first-order chi connectivity index (χ1) is 9.86. The van der Waals surface area contributed by atoms with Gasteiger partial charge in [-0.3, -0.25) is 0 Å². The second kappa shape index (κ2) is 4.58. The Kier molecular flexibility index (Phi) is 2.97. The van der Waals surface area contributed by atoms with Crippen LogP contribution in [0.5, 0.6) is 0 Å². The predicted octanol–water partition coefficient (Wildman–Crippen LogP) is 4.08. The maximum Gasteiger partial charge on any atom is 0.154 e. The van der Waals surface area contributed by atoms with Crippen molar-refractivity contribution in [2.24, 2.45) is 0 Å². The molecule has 3 rings (SSSR count). The standard InChI is InChI=1S/C17H19N3O/c1-10-14(19-16(17(2,3)4)20-15(10)18)13-9-11-7-5-6-8-12(11)21-13/h5-9H,1-4H3,(H2,18,19,20). The molecule has 0 aliphatic carbocycles. The monoisotopic (exact) mass is 281 g/mol. The summed E-state index contributed by atoms with van der Waals surface area (Å²) < 4.78 is 5.91. The molecule has 0 unspecified atom stereocenters. The molecule has 0 atom stereocenters. The van der Waals surface area contributed by atoms with Crippen LogP contribution in [0.3, 0.4) is 0 Å². The number of fused-ring (bicyclic) bond motifs is 1. The molecule has 0 amide bonds. The fraction of sp³-hybridized carbons (Fsp3) is 0.294. The van der Waals surface area contributed by atoms with Crippen molar-refractivity contribution < 1.29 is 4.42 Å². The molecule has 21 heavy (non-hydrogen) atoms. The van der Waals surface area contributed by atoms with Crippen molar-refractivity contribution >= 4 is 16.8 Å². The van der Waals surface area contributed by atoms with E-state index in [0.717, 1.165) is 33.8 Å². The van der Waals surface area contributed by atoms with Crippen molar-refractivity contribution in [3.8, 4) is 11.5 Å². The molecule has 0 saturated carbocycles. The molecule has 4 heteroatoms. The molecule has 1 aromatic carbocycles. The summed E-state index contributed by atoms with van der Waals surface area (Å²) in [6.45, 7) is 8.13. The van der Waals surface area contributed by atoms with Crippen molar-refractivity contribution in [1.82, 2.24) is 9.97 Å². The summed E-state index contributed by atoms with van der Waals surface area (Å²) in [5.74, 6) is 1.96. The molecule has 3 aromatic rings. The van der Waals surface area contributed by atoms with Crippen LogP contribution in [0.1, 0.15) is 32.2 Å². The Bertz CT molecular complexity index is 780. The lowest BCUT2D eigenvalue weighted by molar-refractivity contribution is 0.544. The van der Waals surface area contributed by atoms with Gasteiger partial charge in [0.05, 0.1) is 0 Å². The van der Waals surface area contributed by atoms with Gasteiger partial charge in [0.15, 0.2) is 5.76 Å². The minimum atomic E-state index is -0.164. The van der Waals surface area contributed by atoms with Crippen molar-refractivity contribution in [3.05, 3.63) is 41.7 Å². The first-order valence-electron chi connectivity index (χ1n) is 7.00. The van der Waals surface area contributed by atoms with E-state index in [-0.39, 0.29) is 5.41 Å². The fourth-order valence-corrected chi connectivity index (χ4v) is 2.21. The third-order valence-corrected chi connectivity index (χ3v) is 3.51. The lowest BCUT2D eigenvalue weighted by atomic mass is 9.95. The second-order valence-electron chi connectivity index (χ2n) is 6.30. The summed E-state index contributed by atoms with van der Waals surface area (Å²) in [5.41, 5.74) is 8.36. The fourth-order valence-electron chi connectivity index (χ4n) is 2.21. The maximum absolute atomic E-state index is 6.06. The van der Waals surface area contributed by atoms with Crippen LogP contribution < -0.4 is 5.73 Å². The number of aromatic nitrogens is 2. The largest absolute Gasteiger partial charge is 0.454 e. The van der Waals surface area contributed by atoms with Crippen LogP contribution >= 0.6 is 0 Å². The quantitative estimate of drug-likeness (QED) is 0.730. The summed E-state index contributed by atoms with van der Waals surface area (Å²) >= 11 is 0. The van der Waals surface area contributed by atoms with Gasteiger partial charge in [-0.2, -0.15) is 0 Å². The van der Waals surface area contributed by atoms with Gasteiger partial charge in [0, 0.05) is 16.4 Å². The van der Waals surface area contributed by atoms with Gasteiger partial charge in [0.25, 0.3) is 0 Å². The van der Waals surface area contributed by atoms with Crippen LogP contribution in [-0.2, 0) is 5.41 Å². The Hall–Kier alpha value is -2.36. The van der Waals surface area contributed by atoms with Gasteiger partial charge in [0.2, 0.25) is 0 Å². The van der Waals surface area contributed by atoms with Gasteiger partial charge >= 0.3 is 0 Å². The Morgan fingerprint density at radius 2 is 1.81 bits per heavy atom. The minimum Gasteiger partial charge on any atom is -0.454 e. The smallest absolute Gasteiger partial charge is 0.154 e. The van der Waals surface area contributed by atoms with E-state index in [2.05, 4.69) is 30.7 Å². The molecule has 0 spiro atoms. The van der Waals surface area contributed by atoms with Crippen molar-refractivity contribution in [3.63, 3.8) is 0 Å². The van der Waals surface area contributed by atoms with E-state index in [4.69, 9.17) is 10.2 Å². The number of anilines is 1. The Morgan fingerprint density at radius 3 is 2.48 bits per heavy atom. The molecule has 0 saturated heterocycles. The summed E-state index contributed by atoms with van der Waals surface area (Å²) in [6, 6.07) is 9.91. The van der Waals surface area contributed by atoms with Crippen LogP contribution in [0.4, 0.5) is 5.82 Å². The Labute approximate surface area is 124 Å². The summed E-state index contributed by atoms with van der Waals surface area (Å²) in [7, 11) is 0. The number of nitrogen functional groups attached to an aromatic ring is 1. The van der Waals surface area contributed by atoms with Gasteiger partial charge in [-0.05, 0) is 19.1 Å². The number of hydrogen-bond acceptors (Lipinski definition) is 4. The number of rotatable bonds is 1. The zero-order valence-corrected chi connectivity index (χ0v) is 12.8. The van der Waals surface area contributed by atoms with E-state index >= 15 is 0 Å². The summed E-state index contributed by atoms with van der Waals surface area (Å²) in [5, 5.41) is 1.06. The molecular weight excluding hydrogens is 262 g/mol. The average Bonchev–Trinajstić information content (AvgIpc) is 2.84. The number of nitrogens with zero attached hydrogens (tertiary/aromatic N) is 2. The summed E-state index contributed by atoms with van der Waals surface area (Å²) in [6.07, 6.45) is 0. The van der Waals surface area contributed by atoms with Crippen molar-refractivity contribution in [2.75, 3.05) is 5.73 Å². The highest BCUT2D eigenvalue weighted by Crippen LogP contribution is 2.32. The molecule has 0 fully saturated rings. The van der Waals surface area contributed by atoms with Gasteiger partial charge in [-0.1, -0.05) is 39.0 Å².